The Kier molecular flexibility index (Phi) is 3.98. The van der Waals surface area contributed by atoms with Crippen LogP contribution in [0, 0.1) is 12.3 Å². The molecular formula is C10H9ClN2O2. The lowest BCUT2D eigenvalue weighted by molar-refractivity contribution is 0.0954. The van der Waals surface area contributed by atoms with Crippen molar-refractivity contribution in [3.8, 4) is 18.1 Å². The lowest BCUT2D eigenvalue weighted by Crippen LogP contribution is -2.30. The number of terminal acetylenes is 1. The van der Waals surface area contributed by atoms with Gasteiger partial charge in [-0.3, -0.25) is 10.2 Å². The zero-order valence-electron chi connectivity index (χ0n) is 7.79. The van der Waals surface area contributed by atoms with Crippen LogP contribution >= 0.6 is 11.6 Å². The molecule has 5 heteroatoms. The van der Waals surface area contributed by atoms with Gasteiger partial charge in [0, 0.05) is 0 Å². The maximum Gasteiger partial charge on any atom is 0.266 e. The molecule has 0 aliphatic heterocycles. The van der Waals surface area contributed by atoms with Crippen LogP contribution in [0.4, 0.5) is 0 Å². The van der Waals surface area contributed by atoms with E-state index in [1.54, 1.807) is 6.07 Å². The van der Waals surface area contributed by atoms with Crippen molar-refractivity contribution in [2.75, 3.05) is 6.61 Å². The molecule has 0 aromatic heterocycles. The number of benzene rings is 1. The van der Waals surface area contributed by atoms with Crippen LogP contribution in [0.25, 0.3) is 0 Å². The smallest absolute Gasteiger partial charge is 0.266 e. The molecule has 1 aromatic carbocycles. The number of nitrogens with two attached hydrogens (primary N) is 1. The van der Waals surface area contributed by atoms with Crippen molar-refractivity contribution in [2.24, 2.45) is 5.84 Å². The zero-order valence-corrected chi connectivity index (χ0v) is 8.54. The summed E-state index contributed by atoms with van der Waals surface area (Å²) < 4.78 is 5.12. The lowest BCUT2D eigenvalue weighted by atomic mass is 10.2. The van der Waals surface area contributed by atoms with Gasteiger partial charge in [0.15, 0.2) is 0 Å². The maximum absolute atomic E-state index is 11.2. The van der Waals surface area contributed by atoms with Crippen LogP contribution in [-0.2, 0) is 0 Å². The summed E-state index contributed by atoms with van der Waals surface area (Å²) >= 11 is 5.83. The number of hydrogen-bond acceptors (Lipinski definition) is 3. The Balaban J connectivity index is 2.89. The molecule has 0 saturated heterocycles. The lowest BCUT2D eigenvalue weighted by Gasteiger charge is -2.05. The highest BCUT2D eigenvalue weighted by Crippen LogP contribution is 2.22. The molecule has 1 amide bonds. The van der Waals surface area contributed by atoms with E-state index in [4.69, 9.17) is 28.6 Å². The average molecular weight is 225 g/mol. The Morgan fingerprint density at radius 2 is 2.40 bits per heavy atom. The van der Waals surface area contributed by atoms with Gasteiger partial charge in [-0.05, 0) is 18.2 Å². The topological polar surface area (TPSA) is 64.3 Å². The first-order valence-corrected chi connectivity index (χ1v) is 4.43. The SMILES string of the molecule is C#CCOc1ccc(C(=O)NN)c(Cl)c1. The number of nitrogen functional groups attached to an aromatic ring is 1. The normalized spacial score (nSPS) is 9.13. The summed E-state index contributed by atoms with van der Waals surface area (Å²) in [6.07, 6.45) is 5.03. The van der Waals surface area contributed by atoms with Gasteiger partial charge in [0.05, 0.1) is 10.6 Å². The number of ether oxygens (including phenoxy) is 1. The van der Waals surface area contributed by atoms with Gasteiger partial charge in [0.2, 0.25) is 0 Å². The van der Waals surface area contributed by atoms with Gasteiger partial charge >= 0.3 is 0 Å². The zero-order chi connectivity index (χ0) is 11.3. The van der Waals surface area contributed by atoms with Crippen LogP contribution in [0.3, 0.4) is 0 Å². The van der Waals surface area contributed by atoms with Crippen LogP contribution in [0.1, 0.15) is 10.4 Å². The van der Waals surface area contributed by atoms with Crippen LogP contribution in [-0.4, -0.2) is 12.5 Å². The van der Waals surface area contributed by atoms with Crippen molar-refractivity contribution in [3.05, 3.63) is 28.8 Å². The predicted octanol–water partition coefficient (Wildman–Crippen LogP) is 0.956. The van der Waals surface area contributed by atoms with E-state index in [0.717, 1.165) is 0 Å². The van der Waals surface area contributed by atoms with Gasteiger partial charge in [-0.25, -0.2) is 5.84 Å². The first kappa shape index (κ1) is 11.4. The molecule has 0 unspecified atom stereocenters. The highest BCUT2D eigenvalue weighted by Gasteiger charge is 2.09. The van der Waals surface area contributed by atoms with Gasteiger partial charge in [-0.2, -0.15) is 0 Å². The molecule has 0 saturated carbocycles. The summed E-state index contributed by atoms with van der Waals surface area (Å²) in [7, 11) is 0. The largest absolute Gasteiger partial charge is 0.481 e. The second-order valence-corrected chi connectivity index (χ2v) is 3.02. The minimum absolute atomic E-state index is 0.152. The Morgan fingerprint density at radius 3 is 2.93 bits per heavy atom. The molecule has 4 nitrogen and oxygen atoms in total. The Morgan fingerprint density at radius 1 is 1.67 bits per heavy atom. The van der Waals surface area contributed by atoms with Gasteiger partial charge in [-0.15, -0.1) is 6.42 Å². The number of carbonyl (C=O) groups excluding carboxylic acids is 1. The summed E-state index contributed by atoms with van der Waals surface area (Å²) in [6.45, 7) is 0.152. The fourth-order valence-corrected chi connectivity index (χ4v) is 1.23. The average Bonchev–Trinajstić information content (AvgIpc) is 2.25. The van der Waals surface area contributed by atoms with Crippen molar-refractivity contribution in [3.63, 3.8) is 0 Å². The van der Waals surface area contributed by atoms with Gasteiger partial charge in [0.1, 0.15) is 12.4 Å². The van der Waals surface area contributed by atoms with Crippen LogP contribution in [0.5, 0.6) is 5.75 Å². The first-order valence-electron chi connectivity index (χ1n) is 4.05. The van der Waals surface area contributed by atoms with E-state index in [-0.39, 0.29) is 17.2 Å². The highest BCUT2D eigenvalue weighted by molar-refractivity contribution is 6.34. The molecule has 0 heterocycles. The fraction of sp³-hybridized carbons (Fsp3) is 0.100. The number of nitrogens with one attached hydrogen (secondary N) is 1. The third-order valence-electron chi connectivity index (χ3n) is 1.64. The molecule has 0 radical (unpaired) electrons. The number of amides is 1. The molecule has 78 valence electrons. The van der Waals surface area contributed by atoms with Crippen molar-refractivity contribution < 1.29 is 9.53 Å². The van der Waals surface area contributed by atoms with E-state index in [1.807, 2.05) is 5.43 Å². The summed E-state index contributed by atoms with van der Waals surface area (Å²) in [4.78, 5) is 11.2. The van der Waals surface area contributed by atoms with Crippen molar-refractivity contribution >= 4 is 17.5 Å². The number of halogens is 1. The highest BCUT2D eigenvalue weighted by atomic mass is 35.5. The van der Waals surface area contributed by atoms with E-state index in [0.29, 0.717) is 5.75 Å². The van der Waals surface area contributed by atoms with Gasteiger partial charge in [-0.1, -0.05) is 17.5 Å². The van der Waals surface area contributed by atoms with Crippen molar-refractivity contribution in [2.45, 2.75) is 0 Å². The monoisotopic (exact) mass is 224 g/mol. The minimum Gasteiger partial charge on any atom is -0.481 e. The third-order valence-corrected chi connectivity index (χ3v) is 1.95. The molecule has 3 N–H and O–H groups in total. The Labute approximate surface area is 92.3 Å². The molecule has 0 spiro atoms. The maximum atomic E-state index is 11.2. The molecule has 1 rings (SSSR count). The molecular weight excluding hydrogens is 216 g/mol. The van der Waals surface area contributed by atoms with Crippen LogP contribution < -0.4 is 16.0 Å². The minimum atomic E-state index is -0.455. The summed E-state index contributed by atoms with van der Waals surface area (Å²) in [5.41, 5.74) is 2.27. The molecule has 0 aliphatic rings. The molecule has 1 aromatic rings. The first-order chi connectivity index (χ1) is 7.19. The van der Waals surface area contributed by atoms with Crippen LogP contribution in [0.15, 0.2) is 18.2 Å². The van der Waals surface area contributed by atoms with E-state index in [1.165, 1.54) is 12.1 Å². The summed E-state index contributed by atoms with van der Waals surface area (Å²) in [5, 5.41) is 0.257. The quantitative estimate of drug-likeness (QED) is 0.348. The Hall–Kier alpha value is -1.70. The Bertz CT molecular complexity index is 412. The van der Waals surface area contributed by atoms with Gasteiger partial charge in [0.25, 0.3) is 5.91 Å². The van der Waals surface area contributed by atoms with Crippen LogP contribution in [0.2, 0.25) is 5.02 Å². The summed E-state index contributed by atoms with van der Waals surface area (Å²) in [6, 6.07) is 4.60. The molecule has 0 aliphatic carbocycles. The standard InChI is InChI=1S/C10H9ClN2O2/c1-2-5-15-7-3-4-8(9(11)6-7)10(14)13-12/h1,3-4,6H,5,12H2,(H,13,14). The number of hydrogen-bond donors (Lipinski definition) is 2. The number of hydrazine groups is 1. The fourth-order valence-electron chi connectivity index (χ4n) is 0.973. The van der Waals surface area contributed by atoms with E-state index < -0.39 is 5.91 Å². The molecule has 0 bridgehead atoms. The molecule has 0 atom stereocenters. The van der Waals surface area contributed by atoms with Crippen molar-refractivity contribution in [1.29, 1.82) is 0 Å². The predicted molar refractivity (Wildman–Crippen MR) is 57.4 cm³/mol. The van der Waals surface area contributed by atoms with Gasteiger partial charge < -0.3 is 4.74 Å². The molecule has 15 heavy (non-hydrogen) atoms. The number of rotatable bonds is 3. The second-order valence-electron chi connectivity index (χ2n) is 2.61. The molecule has 0 fully saturated rings. The van der Waals surface area contributed by atoms with E-state index in [9.17, 15) is 4.79 Å². The second kappa shape index (κ2) is 5.25. The van der Waals surface area contributed by atoms with Crippen molar-refractivity contribution in [1.82, 2.24) is 5.43 Å². The third kappa shape index (κ3) is 2.88. The van der Waals surface area contributed by atoms with E-state index in [2.05, 4.69) is 5.92 Å². The summed E-state index contributed by atoms with van der Waals surface area (Å²) in [5.74, 6) is 7.35. The number of carbonyl (C=O) groups is 1. The van der Waals surface area contributed by atoms with E-state index >= 15 is 0 Å².